The fourth-order valence-electron chi connectivity index (χ4n) is 10.0. The number of rotatable bonds is 7. The molecule has 0 aliphatic rings. The van der Waals surface area contributed by atoms with E-state index >= 15 is 0 Å². The third-order valence-corrected chi connectivity index (χ3v) is 13.8. The molecule has 0 spiro atoms. The molecular weight excluding hydrogens is 825 g/mol. The Morgan fingerprint density at radius 2 is 0.618 bits per heavy atom. The first-order valence-electron chi connectivity index (χ1n) is 23.2. The zero-order chi connectivity index (χ0) is 46.0. The largest absolute Gasteiger partial charge is 0.308 e. The average Bonchev–Trinajstić information content (AvgIpc) is 3.88. The Labute approximate surface area is 396 Å². The van der Waals surface area contributed by atoms with Crippen LogP contribution in [0.5, 0.6) is 0 Å². The van der Waals surface area contributed by atoms with E-state index in [1.165, 1.54) is 44.5 Å². The van der Waals surface area contributed by atoms with Gasteiger partial charge in [-0.2, -0.15) is 0 Å². The zero-order valence-corrected chi connectivity index (χ0v) is 38.4. The van der Waals surface area contributed by atoms with Gasteiger partial charge in [-0.1, -0.05) is 144 Å². The summed E-state index contributed by atoms with van der Waals surface area (Å²) in [6.45, 7) is 17.2. The maximum atomic E-state index is 8.70. The molecule has 0 aliphatic carbocycles. The van der Waals surface area contributed by atoms with Gasteiger partial charge in [0.25, 0.3) is 0 Å². The van der Waals surface area contributed by atoms with E-state index in [2.05, 4.69) is 229 Å². The van der Waals surface area contributed by atoms with Crippen molar-refractivity contribution in [1.29, 1.82) is 0 Å². The predicted molar refractivity (Wildman–Crippen MR) is 285 cm³/mol. The molecule has 0 radical (unpaired) electrons. The Hall–Kier alpha value is -8.78. The molecule has 0 saturated heterocycles. The predicted octanol–water partition coefficient (Wildman–Crippen LogP) is 17.4. The first-order chi connectivity index (χ1) is 33.3. The van der Waals surface area contributed by atoms with Gasteiger partial charge in [-0.25, -0.2) is 4.85 Å². The molecule has 0 fully saturated rings. The summed E-state index contributed by atoms with van der Waals surface area (Å²) in [6.07, 6.45) is 3.61. The Balaban J connectivity index is 1.19. The van der Waals surface area contributed by atoms with Crippen molar-refractivity contribution in [3.8, 4) is 67.0 Å². The molecule has 0 unspecified atom stereocenters. The molecule has 0 saturated carbocycles. The zero-order valence-electron chi connectivity index (χ0n) is 38.4. The summed E-state index contributed by atoms with van der Waals surface area (Å²) < 4.78 is 4.82. The standard InChI is InChI=1S/C64H46N4/c1-40-6-14-44(15-7-40)49-22-26-59-54(34-49)55-35-50(45-16-8-41(2)9-17-45)23-27-60(55)67(59)63-38-53(48-30-32-66-33-31-48)58(65-5)39-64(63)68-61-28-24-51(46-18-10-42(3)11-19-46)36-56(61)57-37-52(25-29-62(57)68)47-20-12-43(4)13-21-47/h6-39H,1-4H3. The maximum Gasteiger partial charge on any atom is 0.197 e. The lowest BCUT2D eigenvalue weighted by molar-refractivity contribution is 1.10. The lowest BCUT2D eigenvalue weighted by Gasteiger charge is -2.20. The fourth-order valence-corrected chi connectivity index (χ4v) is 10.0. The second-order valence-electron chi connectivity index (χ2n) is 18.3. The highest BCUT2D eigenvalue weighted by molar-refractivity contribution is 6.14. The van der Waals surface area contributed by atoms with Crippen molar-refractivity contribution in [2.75, 3.05) is 0 Å². The van der Waals surface area contributed by atoms with Crippen molar-refractivity contribution < 1.29 is 0 Å². The van der Waals surface area contributed by atoms with Crippen molar-refractivity contribution in [3.63, 3.8) is 0 Å². The molecule has 9 aromatic carbocycles. The third-order valence-electron chi connectivity index (χ3n) is 13.8. The summed E-state index contributed by atoms with van der Waals surface area (Å²) in [5.41, 5.74) is 22.8. The first-order valence-corrected chi connectivity index (χ1v) is 23.2. The van der Waals surface area contributed by atoms with Crippen molar-refractivity contribution in [1.82, 2.24) is 14.1 Å². The molecule has 12 rings (SSSR count). The lowest BCUT2D eigenvalue weighted by atomic mass is 9.99. The number of nitrogens with zero attached hydrogens (tertiary/aromatic N) is 4. The van der Waals surface area contributed by atoms with Gasteiger partial charge in [0, 0.05) is 33.9 Å². The van der Waals surface area contributed by atoms with Crippen LogP contribution in [0.15, 0.2) is 207 Å². The first kappa shape index (κ1) is 40.7. The van der Waals surface area contributed by atoms with Gasteiger partial charge >= 0.3 is 0 Å². The highest BCUT2D eigenvalue weighted by atomic mass is 15.1. The molecule has 68 heavy (non-hydrogen) atoms. The van der Waals surface area contributed by atoms with E-state index in [4.69, 9.17) is 6.57 Å². The number of hydrogen-bond acceptors (Lipinski definition) is 1. The van der Waals surface area contributed by atoms with Crippen LogP contribution in [0.25, 0.3) is 115 Å². The van der Waals surface area contributed by atoms with Gasteiger partial charge in [0.15, 0.2) is 5.69 Å². The molecule has 12 aromatic rings. The van der Waals surface area contributed by atoms with Gasteiger partial charge < -0.3 is 9.13 Å². The Morgan fingerprint density at radius 3 is 0.926 bits per heavy atom. The van der Waals surface area contributed by atoms with Crippen LogP contribution in [0, 0.1) is 34.3 Å². The molecule has 0 atom stereocenters. The van der Waals surface area contributed by atoms with Gasteiger partial charge in [-0.3, -0.25) is 4.98 Å². The molecule has 322 valence electrons. The number of aromatic nitrogens is 3. The summed E-state index contributed by atoms with van der Waals surface area (Å²) in [4.78, 5) is 8.62. The van der Waals surface area contributed by atoms with Crippen molar-refractivity contribution in [2.45, 2.75) is 27.7 Å². The van der Waals surface area contributed by atoms with Crippen LogP contribution < -0.4 is 0 Å². The summed E-state index contributed by atoms with van der Waals surface area (Å²) in [7, 11) is 0. The van der Waals surface area contributed by atoms with E-state index in [9.17, 15) is 0 Å². The van der Waals surface area contributed by atoms with E-state index < -0.39 is 0 Å². The topological polar surface area (TPSA) is 27.1 Å². The van der Waals surface area contributed by atoms with Crippen LogP contribution in [0.1, 0.15) is 22.3 Å². The highest BCUT2D eigenvalue weighted by Crippen LogP contribution is 2.45. The van der Waals surface area contributed by atoms with Gasteiger partial charge in [0.05, 0.1) is 40.0 Å². The molecule has 0 aliphatic heterocycles. The molecule has 4 heteroatoms. The summed E-state index contributed by atoms with van der Waals surface area (Å²) >= 11 is 0. The second-order valence-corrected chi connectivity index (χ2v) is 18.3. The second kappa shape index (κ2) is 16.3. The van der Waals surface area contributed by atoms with E-state index in [1.807, 2.05) is 12.1 Å². The number of benzene rings is 9. The van der Waals surface area contributed by atoms with Crippen molar-refractivity contribution in [3.05, 3.63) is 240 Å². The SMILES string of the molecule is [C-]#[N+]c1cc(-n2c3ccc(-c4ccc(C)cc4)cc3c3cc(-c4ccc(C)cc4)ccc32)c(-n2c3ccc(-c4ccc(C)cc4)cc3c3cc(-c4ccc(C)cc4)ccc32)cc1-c1ccncc1. The maximum absolute atomic E-state index is 8.70. The molecule has 4 nitrogen and oxygen atoms in total. The molecule has 3 aromatic heterocycles. The van der Waals surface area contributed by atoms with Crippen LogP contribution in [-0.2, 0) is 0 Å². The van der Waals surface area contributed by atoms with Crippen LogP contribution >= 0.6 is 0 Å². The van der Waals surface area contributed by atoms with Crippen LogP contribution in [0.2, 0.25) is 0 Å². The molecule has 3 heterocycles. The number of aryl methyl sites for hydroxylation is 4. The third kappa shape index (κ3) is 6.96. The molecule has 0 N–H and O–H groups in total. The van der Waals surface area contributed by atoms with E-state index in [-0.39, 0.29) is 0 Å². The molecule has 0 bridgehead atoms. The average molecular weight is 871 g/mol. The smallest absolute Gasteiger partial charge is 0.197 e. The quantitative estimate of drug-likeness (QED) is 0.147. The number of hydrogen-bond donors (Lipinski definition) is 0. The minimum atomic E-state index is 0.571. The van der Waals surface area contributed by atoms with Crippen molar-refractivity contribution in [2.24, 2.45) is 0 Å². The number of pyridine rings is 1. The summed E-state index contributed by atoms with van der Waals surface area (Å²) in [5, 5.41) is 4.61. The molecule has 0 amide bonds. The van der Waals surface area contributed by atoms with Gasteiger partial charge in [-0.15, -0.1) is 0 Å². The molecular formula is C64H46N4. The Morgan fingerprint density at radius 1 is 0.324 bits per heavy atom. The number of fused-ring (bicyclic) bond motifs is 6. The minimum absolute atomic E-state index is 0.571. The van der Waals surface area contributed by atoms with E-state index in [0.717, 1.165) is 88.4 Å². The lowest BCUT2D eigenvalue weighted by Crippen LogP contribution is -2.04. The Kier molecular flexibility index (Phi) is 9.74. The van der Waals surface area contributed by atoms with Crippen molar-refractivity contribution >= 4 is 49.3 Å². The highest BCUT2D eigenvalue weighted by Gasteiger charge is 2.24. The van der Waals surface area contributed by atoms with Gasteiger partial charge in [0.1, 0.15) is 0 Å². The monoisotopic (exact) mass is 870 g/mol. The normalized spacial score (nSPS) is 11.5. The summed E-state index contributed by atoms with van der Waals surface area (Å²) in [5.74, 6) is 0. The van der Waals surface area contributed by atoms with Crippen LogP contribution in [0.4, 0.5) is 5.69 Å². The van der Waals surface area contributed by atoms with E-state index in [0.29, 0.717) is 5.69 Å². The van der Waals surface area contributed by atoms with Crippen LogP contribution in [0.3, 0.4) is 0 Å². The van der Waals surface area contributed by atoms with Gasteiger partial charge in [-0.05, 0) is 156 Å². The fraction of sp³-hybridized carbons (Fsp3) is 0.0625. The van der Waals surface area contributed by atoms with Gasteiger partial charge in [0.2, 0.25) is 0 Å². The summed E-state index contributed by atoms with van der Waals surface area (Å²) in [6, 6.07) is 71.0. The minimum Gasteiger partial charge on any atom is -0.308 e. The van der Waals surface area contributed by atoms with Crippen LogP contribution in [-0.4, -0.2) is 14.1 Å². The Bertz CT molecular complexity index is 3750. The van der Waals surface area contributed by atoms with E-state index in [1.54, 1.807) is 12.4 Å².